The summed E-state index contributed by atoms with van der Waals surface area (Å²) in [6.45, 7) is 0. The van der Waals surface area contributed by atoms with Crippen LogP contribution in [-0.2, 0) is 0 Å². The molecule has 1 unspecified atom stereocenters. The molecule has 4 heteroatoms. The van der Waals surface area contributed by atoms with Crippen molar-refractivity contribution in [3.05, 3.63) is 77.6 Å². The van der Waals surface area contributed by atoms with Crippen molar-refractivity contribution in [2.75, 3.05) is 0 Å². The average molecular weight is 271 g/mol. The number of aliphatic hydroxyl groups is 1. The van der Waals surface area contributed by atoms with Gasteiger partial charge in [0.2, 0.25) is 0 Å². The molecule has 1 atom stereocenters. The van der Waals surface area contributed by atoms with E-state index in [9.17, 15) is 13.9 Å². The molecule has 3 rings (SSSR count). The SMILES string of the molecule is OC(c1cncc(F)c1)c1ccc(F)c2ccccc12. The van der Waals surface area contributed by atoms with Gasteiger partial charge in [-0.3, -0.25) is 4.98 Å². The minimum atomic E-state index is -1.05. The third-order valence-corrected chi connectivity index (χ3v) is 3.24. The van der Waals surface area contributed by atoms with Gasteiger partial charge in [-0.1, -0.05) is 30.3 Å². The number of halogens is 2. The number of hydrogen-bond acceptors (Lipinski definition) is 2. The van der Waals surface area contributed by atoms with Crippen molar-refractivity contribution in [3.8, 4) is 0 Å². The molecule has 100 valence electrons. The average Bonchev–Trinajstić information content (AvgIpc) is 2.47. The van der Waals surface area contributed by atoms with Crippen LogP contribution < -0.4 is 0 Å². The van der Waals surface area contributed by atoms with Crippen molar-refractivity contribution in [1.82, 2.24) is 4.98 Å². The maximum Gasteiger partial charge on any atom is 0.141 e. The molecule has 0 radical (unpaired) electrons. The molecule has 1 N–H and O–H groups in total. The summed E-state index contributed by atoms with van der Waals surface area (Å²) in [7, 11) is 0. The summed E-state index contributed by atoms with van der Waals surface area (Å²) in [4.78, 5) is 3.72. The zero-order valence-corrected chi connectivity index (χ0v) is 10.4. The molecule has 0 saturated heterocycles. The Morgan fingerprint density at radius 1 is 0.950 bits per heavy atom. The van der Waals surface area contributed by atoms with E-state index >= 15 is 0 Å². The van der Waals surface area contributed by atoms with E-state index in [0.717, 1.165) is 6.20 Å². The van der Waals surface area contributed by atoms with E-state index in [0.29, 0.717) is 21.9 Å². The van der Waals surface area contributed by atoms with Crippen LogP contribution >= 0.6 is 0 Å². The number of benzene rings is 2. The van der Waals surface area contributed by atoms with Crippen molar-refractivity contribution in [2.45, 2.75) is 6.10 Å². The summed E-state index contributed by atoms with van der Waals surface area (Å²) in [5.74, 6) is -0.873. The Bertz CT molecular complexity index is 773. The first-order chi connectivity index (χ1) is 9.66. The molecule has 0 spiro atoms. The van der Waals surface area contributed by atoms with E-state index in [2.05, 4.69) is 4.98 Å². The number of rotatable bonds is 2. The molecule has 3 aromatic rings. The lowest BCUT2D eigenvalue weighted by Gasteiger charge is -2.14. The van der Waals surface area contributed by atoms with Crippen LogP contribution in [-0.4, -0.2) is 10.1 Å². The Morgan fingerprint density at radius 2 is 1.70 bits per heavy atom. The maximum absolute atomic E-state index is 13.7. The zero-order valence-electron chi connectivity index (χ0n) is 10.4. The fraction of sp³-hybridized carbons (Fsp3) is 0.0625. The molecule has 1 heterocycles. The molecule has 0 fully saturated rings. The number of nitrogens with zero attached hydrogens (tertiary/aromatic N) is 1. The number of aromatic nitrogens is 1. The van der Waals surface area contributed by atoms with Crippen LogP contribution in [0.15, 0.2) is 54.9 Å². The van der Waals surface area contributed by atoms with Crippen molar-refractivity contribution in [1.29, 1.82) is 0 Å². The fourth-order valence-electron chi connectivity index (χ4n) is 2.28. The normalized spacial score (nSPS) is 12.6. The minimum absolute atomic E-state index is 0.335. The fourth-order valence-corrected chi connectivity index (χ4v) is 2.28. The van der Waals surface area contributed by atoms with Crippen LogP contribution in [0.5, 0.6) is 0 Å². The first-order valence-electron chi connectivity index (χ1n) is 6.12. The Labute approximate surface area is 114 Å². The summed E-state index contributed by atoms with van der Waals surface area (Å²) in [5.41, 5.74) is 0.858. The number of aliphatic hydroxyl groups excluding tert-OH is 1. The lowest BCUT2D eigenvalue weighted by molar-refractivity contribution is 0.221. The van der Waals surface area contributed by atoms with Crippen molar-refractivity contribution in [3.63, 3.8) is 0 Å². The molecule has 0 bridgehead atoms. The summed E-state index contributed by atoms with van der Waals surface area (Å²) >= 11 is 0. The Balaban J connectivity index is 2.17. The second-order valence-corrected chi connectivity index (χ2v) is 4.52. The van der Waals surface area contributed by atoms with Crippen LogP contribution in [0, 0.1) is 11.6 Å². The molecule has 0 aliphatic carbocycles. The summed E-state index contributed by atoms with van der Waals surface area (Å²) in [6, 6.07) is 10.9. The van der Waals surface area contributed by atoms with E-state index in [4.69, 9.17) is 0 Å². The summed E-state index contributed by atoms with van der Waals surface area (Å²) < 4.78 is 26.9. The van der Waals surface area contributed by atoms with Crippen molar-refractivity contribution < 1.29 is 13.9 Å². The maximum atomic E-state index is 13.7. The van der Waals surface area contributed by atoms with Crippen LogP contribution in [0.1, 0.15) is 17.2 Å². The van der Waals surface area contributed by atoms with Crippen molar-refractivity contribution in [2.24, 2.45) is 0 Å². The van der Waals surface area contributed by atoms with E-state index in [1.54, 1.807) is 24.3 Å². The summed E-state index contributed by atoms with van der Waals surface area (Å²) in [5, 5.41) is 11.4. The lowest BCUT2D eigenvalue weighted by atomic mass is 9.96. The third-order valence-electron chi connectivity index (χ3n) is 3.24. The highest BCUT2D eigenvalue weighted by atomic mass is 19.1. The predicted octanol–water partition coefficient (Wildman–Crippen LogP) is 3.59. The van der Waals surface area contributed by atoms with Gasteiger partial charge in [-0.2, -0.15) is 0 Å². The molecule has 2 nitrogen and oxygen atoms in total. The zero-order chi connectivity index (χ0) is 14.1. The molecule has 0 saturated carbocycles. The smallest absolute Gasteiger partial charge is 0.141 e. The van der Waals surface area contributed by atoms with Gasteiger partial charge in [-0.25, -0.2) is 8.78 Å². The van der Waals surface area contributed by atoms with Gasteiger partial charge in [0.1, 0.15) is 17.7 Å². The largest absolute Gasteiger partial charge is 0.384 e. The highest BCUT2D eigenvalue weighted by molar-refractivity contribution is 5.86. The second-order valence-electron chi connectivity index (χ2n) is 4.52. The molecule has 2 aromatic carbocycles. The lowest BCUT2D eigenvalue weighted by Crippen LogP contribution is -2.02. The number of fused-ring (bicyclic) bond motifs is 1. The molecular weight excluding hydrogens is 260 g/mol. The third kappa shape index (κ3) is 2.14. The van der Waals surface area contributed by atoms with E-state index < -0.39 is 11.9 Å². The first-order valence-corrected chi connectivity index (χ1v) is 6.12. The predicted molar refractivity (Wildman–Crippen MR) is 72.2 cm³/mol. The molecule has 1 aromatic heterocycles. The second kappa shape index (κ2) is 4.98. The summed E-state index contributed by atoms with van der Waals surface area (Å²) in [6.07, 6.45) is 1.41. The van der Waals surface area contributed by atoms with Gasteiger partial charge in [0.15, 0.2) is 0 Å². The van der Waals surface area contributed by atoms with Gasteiger partial charge in [-0.05, 0) is 23.1 Å². The van der Waals surface area contributed by atoms with Crippen LogP contribution in [0.2, 0.25) is 0 Å². The van der Waals surface area contributed by atoms with E-state index in [1.807, 2.05) is 0 Å². The van der Waals surface area contributed by atoms with Gasteiger partial charge in [-0.15, -0.1) is 0 Å². The highest BCUT2D eigenvalue weighted by Crippen LogP contribution is 2.30. The molecule has 20 heavy (non-hydrogen) atoms. The van der Waals surface area contributed by atoms with Crippen LogP contribution in [0.4, 0.5) is 8.78 Å². The van der Waals surface area contributed by atoms with Gasteiger partial charge in [0.25, 0.3) is 0 Å². The van der Waals surface area contributed by atoms with Gasteiger partial charge in [0.05, 0.1) is 6.20 Å². The van der Waals surface area contributed by atoms with Crippen LogP contribution in [0.3, 0.4) is 0 Å². The number of pyridine rings is 1. The van der Waals surface area contributed by atoms with E-state index in [-0.39, 0.29) is 5.82 Å². The van der Waals surface area contributed by atoms with Gasteiger partial charge in [0, 0.05) is 17.1 Å². The molecular formula is C16H11F2NO. The topological polar surface area (TPSA) is 33.1 Å². The van der Waals surface area contributed by atoms with Gasteiger partial charge >= 0.3 is 0 Å². The monoisotopic (exact) mass is 271 g/mol. The van der Waals surface area contributed by atoms with Gasteiger partial charge < -0.3 is 5.11 Å². The van der Waals surface area contributed by atoms with Crippen molar-refractivity contribution >= 4 is 10.8 Å². The quantitative estimate of drug-likeness (QED) is 0.772. The Kier molecular flexibility index (Phi) is 3.16. The minimum Gasteiger partial charge on any atom is -0.384 e. The Morgan fingerprint density at radius 3 is 2.45 bits per heavy atom. The first kappa shape index (κ1) is 12.7. The molecule has 0 amide bonds. The van der Waals surface area contributed by atoms with Crippen LogP contribution in [0.25, 0.3) is 10.8 Å². The number of hydrogen-bond donors (Lipinski definition) is 1. The highest BCUT2D eigenvalue weighted by Gasteiger charge is 2.16. The standard InChI is InChI=1S/C16H11F2NO/c17-11-7-10(8-19-9-11)16(20)14-5-6-15(18)13-4-2-1-3-12(13)14/h1-9,16,20H. The molecule has 0 aliphatic heterocycles. The van der Waals surface area contributed by atoms with E-state index in [1.165, 1.54) is 24.4 Å². The Hall–Kier alpha value is -2.33. The molecule has 0 aliphatic rings.